The Bertz CT molecular complexity index is 672. The maximum atomic E-state index is 12.7. The lowest BCUT2D eigenvalue weighted by molar-refractivity contribution is -0.137. The molecule has 0 aliphatic heterocycles. The van der Waals surface area contributed by atoms with Crippen LogP contribution in [0.2, 0.25) is 5.02 Å². The normalized spacial score (nSPS) is 13.7. The van der Waals surface area contributed by atoms with Crippen LogP contribution in [0.3, 0.4) is 0 Å². The molecular formula is C10H8ClF3N4OS. The molecule has 108 valence electrons. The van der Waals surface area contributed by atoms with E-state index in [2.05, 4.69) is 10.2 Å². The fourth-order valence-electron chi connectivity index (χ4n) is 1.39. The molecule has 2 heterocycles. The second-order valence-corrected chi connectivity index (χ2v) is 5.63. The predicted molar refractivity (Wildman–Crippen MR) is 67.5 cm³/mol. The number of amides is 1. The maximum Gasteiger partial charge on any atom is 0.417 e. The SMILES string of the molecule is CC(Sc1nnc2c(Cl)cc(C(F)(F)F)cn12)C(N)=O. The Labute approximate surface area is 120 Å². The lowest BCUT2D eigenvalue weighted by Gasteiger charge is -2.09. The molecule has 0 aliphatic rings. The van der Waals surface area contributed by atoms with Gasteiger partial charge < -0.3 is 5.73 Å². The lowest BCUT2D eigenvalue weighted by atomic mass is 10.3. The van der Waals surface area contributed by atoms with Gasteiger partial charge in [0.05, 0.1) is 15.8 Å². The van der Waals surface area contributed by atoms with Crippen molar-refractivity contribution in [1.82, 2.24) is 14.6 Å². The number of hydrogen-bond acceptors (Lipinski definition) is 4. The van der Waals surface area contributed by atoms with Crippen molar-refractivity contribution in [2.75, 3.05) is 0 Å². The highest BCUT2D eigenvalue weighted by molar-refractivity contribution is 8.00. The Hall–Kier alpha value is -1.48. The minimum absolute atomic E-state index is 0.0823. The largest absolute Gasteiger partial charge is 0.417 e. The molecule has 0 bridgehead atoms. The molecule has 0 spiro atoms. The van der Waals surface area contributed by atoms with Crippen molar-refractivity contribution >= 4 is 34.9 Å². The number of carbonyl (C=O) groups is 1. The first-order chi connectivity index (χ1) is 9.20. The number of thioether (sulfide) groups is 1. The van der Waals surface area contributed by atoms with E-state index in [1.54, 1.807) is 0 Å². The second kappa shape index (κ2) is 5.13. The van der Waals surface area contributed by atoms with E-state index in [0.29, 0.717) is 0 Å². The molecule has 20 heavy (non-hydrogen) atoms. The van der Waals surface area contributed by atoms with Gasteiger partial charge in [-0.1, -0.05) is 23.4 Å². The molecule has 5 nitrogen and oxygen atoms in total. The summed E-state index contributed by atoms with van der Waals surface area (Å²) >= 11 is 6.66. The highest BCUT2D eigenvalue weighted by Crippen LogP contribution is 2.33. The minimum atomic E-state index is -4.54. The van der Waals surface area contributed by atoms with Crippen LogP contribution in [-0.4, -0.2) is 25.8 Å². The number of primary amides is 1. The average molecular weight is 325 g/mol. The Morgan fingerprint density at radius 3 is 2.70 bits per heavy atom. The van der Waals surface area contributed by atoms with Gasteiger partial charge in [-0.05, 0) is 13.0 Å². The summed E-state index contributed by atoms with van der Waals surface area (Å²) < 4.78 is 39.3. The van der Waals surface area contributed by atoms with E-state index in [9.17, 15) is 18.0 Å². The standard InChI is InChI=1S/C10H8ClF3N4OS/c1-4(7(15)19)20-9-17-16-8-6(11)2-5(3-18(8)9)10(12,13)14/h2-4H,1H3,(H2,15,19). The molecule has 0 aliphatic carbocycles. The highest BCUT2D eigenvalue weighted by Gasteiger charge is 2.32. The van der Waals surface area contributed by atoms with Crippen LogP contribution in [-0.2, 0) is 11.0 Å². The minimum Gasteiger partial charge on any atom is -0.369 e. The average Bonchev–Trinajstić information content (AvgIpc) is 2.71. The van der Waals surface area contributed by atoms with Crippen LogP contribution in [0.4, 0.5) is 13.2 Å². The molecule has 0 saturated heterocycles. The van der Waals surface area contributed by atoms with Crippen molar-refractivity contribution in [3.05, 3.63) is 22.8 Å². The van der Waals surface area contributed by atoms with Gasteiger partial charge in [0, 0.05) is 6.20 Å². The topological polar surface area (TPSA) is 73.3 Å². The third-order valence-corrected chi connectivity index (χ3v) is 3.79. The van der Waals surface area contributed by atoms with Crippen LogP contribution in [0.1, 0.15) is 12.5 Å². The highest BCUT2D eigenvalue weighted by atomic mass is 35.5. The van der Waals surface area contributed by atoms with Gasteiger partial charge in [0.25, 0.3) is 0 Å². The molecule has 0 aromatic carbocycles. The van der Waals surface area contributed by atoms with Gasteiger partial charge >= 0.3 is 6.18 Å². The third-order valence-electron chi connectivity index (χ3n) is 2.44. The molecule has 1 atom stereocenters. The van der Waals surface area contributed by atoms with Crippen molar-refractivity contribution in [1.29, 1.82) is 0 Å². The van der Waals surface area contributed by atoms with Gasteiger partial charge in [0.15, 0.2) is 10.8 Å². The zero-order valence-corrected chi connectivity index (χ0v) is 11.6. The van der Waals surface area contributed by atoms with Crippen molar-refractivity contribution in [2.45, 2.75) is 23.5 Å². The van der Waals surface area contributed by atoms with E-state index in [-0.39, 0.29) is 15.8 Å². The Balaban J connectivity index is 2.53. The fourth-order valence-corrected chi connectivity index (χ4v) is 2.40. The van der Waals surface area contributed by atoms with Crippen LogP contribution >= 0.6 is 23.4 Å². The first-order valence-electron chi connectivity index (χ1n) is 5.27. The quantitative estimate of drug-likeness (QED) is 0.880. The summed E-state index contributed by atoms with van der Waals surface area (Å²) in [5.74, 6) is -0.607. The molecule has 2 N–H and O–H groups in total. The van der Waals surface area contributed by atoms with Crippen molar-refractivity contribution in [3.63, 3.8) is 0 Å². The van der Waals surface area contributed by atoms with Gasteiger partial charge in [-0.25, -0.2) is 0 Å². The molecule has 0 saturated carbocycles. The number of pyridine rings is 1. The first kappa shape index (κ1) is 14.9. The van der Waals surface area contributed by atoms with Crippen molar-refractivity contribution in [2.24, 2.45) is 5.73 Å². The molecule has 1 unspecified atom stereocenters. The number of rotatable bonds is 3. The molecule has 0 radical (unpaired) electrons. The van der Waals surface area contributed by atoms with Crippen LogP contribution in [0, 0.1) is 0 Å². The number of nitrogens with two attached hydrogens (primary N) is 1. The number of halogens is 4. The number of hydrogen-bond donors (Lipinski definition) is 1. The Morgan fingerprint density at radius 2 is 2.15 bits per heavy atom. The summed E-state index contributed by atoms with van der Waals surface area (Å²) in [7, 11) is 0. The van der Waals surface area contributed by atoms with Crippen LogP contribution in [0.5, 0.6) is 0 Å². The van der Waals surface area contributed by atoms with Gasteiger partial charge in [0.2, 0.25) is 5.91 Å². The zero-order chi connectivity index (χ0) is 15.1. The molecule has 0 fully saturated rings. The number of nitrogens with zero attached hydrogens (tertiary/aromatic N) is 3. The van der Waals surface area contributed by atoms with Crippen molar-refractivity contribution in [3.8, 4) is 0 Å². The van der Waals surface area contributed by atoms with Crippen molar-refractivity contribution < 1.29 is 18.0 Å². The summed E-state index contributed by atoms with van der Waals surface area (Å²) in [6, 6.07) is 0.775. The van der Waals surface area contributed by atoms with Gasteiger partial charge in [0.1, 0.15) is 0 Å². The molecule has 1 amide bonds. The Morgan fingerprint density at radius 1 is 1.50 bits per heavy atom. The van der Waals surface area contributed by atoms with Gasteiger partial charge in [-0.15, -0.1) is 10.2 Å². The van der Waals surface area contributed by atoms with Crippen LogP contribution in [0.25, 0.3) is 5.65 Å². The van der Waals surface area contributed by atoms with Crippen LogP contribution < -0.4 is 5.73 Å². The zero-order valence-electron chi connectivity index (χ0n) is 9.98. The Kier molecular flexibility index (Phi) is 3.83. The van der Waals surface area contributed by atoms with E-state index < -0.39 is 22.9 Å². The summed E-state index contributed by atoms with van der Waals surface area (Å²) in [5.41, 5.74) is 4.26. The van der Waals surface area contributed by atoms with E-state index in [1.165, 1.54) is 6.92 Å². The lowest BCUT2D eigenvalue weighted by Crippen LogP contribution is -2.22. The summed E-state index contributed by atoms with van der Waals surface area (Å²) in [6.07, 6.45) is -3.71. The van der Waals surface area contributed by atoms with E-state index in [1.807, 2.05) is 0 Å². The monoisotopic (exact) mass is 324 g/mol. The number of carbonyl (C=O) groups excluding carboxylic acids is 1. The van der Waals surface area contributed by atoms with Crippen LogP contribution in [0.15, 0.2) is 17.4 Å². The molecule has 2 aromatic rings. The first-order valence-corrected chi connectivity index (χ1v) is 6.53. The number of aromatic nitrogens is 3. The summed E-state index contributed by atoms with van der Waals surface area (Å²) in [4.78, 5) is 11.0. The second-order valence-electron chi connectivity index (χ2n) is 3.91. The smallest absolute Gasteiger partial charge is 0.369 e. The predicted octanol–water partition coefficient (Wildman–Crippen LogP) is 2.37. The van der Waals surface area contributed by atoms with Gasteiger partial charge in [-0.3, -0.25) is 9.20 Å². The van der Waals surface area contributed by atoms with E-state index in [4.69, 9.17) is 17.3 Å². The van der Waals surface area contributed by atoms with Gasteiger partial charge in [-0.2, -0.15) is 13.2 Å². The maximum absolute atomic E-state index is 12.7. The number of alkyl halides is 3. The molecule has 10 heteroatoms. The number of fused-ring (bicyclic) bond motifs is 1. The van der Waals surface area contributed by atoms with E-state index >= 15 is 0 Å². The summed E-state index contributed by atoms with van der Waals surface area (Å²) in [6.45, 7) is 1.52. The third kappa shape index (κ3) is 2.83. The molecular weight excluding hydrogens is 317 g/mol. The molecule has 2 aromatic heterocycles. The van der Waals surface area contributed by atoms with E-state index in [0.717, 1.165) is 28.4 Å². The molecule has 2 rings (SSSR count). The fraction of sp³-hybridized carbons (Fsp3) is 0.300. The summed E-state index contributed by atoms with van der Waals surface area (Å²) in [5, 5.41) is 6.69.